The smallest absolute Gasteiger partial charge is 0.124 e. The summed E-state index contributed by atoms with van der Waals surface area (Å²) in [6.45, 7) is 8.46. The Kier molecular flexibility index (Phi) is 5.93. The van der Waals surface area contributed by atoms with Gasteiger partial charge in [0.05, 0.1) is 0 Å². The van der Waals surface area contributed by atoms with E-state index in [0.717, 1.165) is 25.1 Å². The summed E-state index contributed by atoms with van der Waals surface area (Å²) >= 11 is 6.05. The summed E-state index contributed by atoms with van der Waals surface area (Å²) in [7, 11) is 0. The van der Waals surface area contributed by atoms with E-state index in [1.807, 2.05) is 0 Å². The second-order valence-electron chi connectivity index (χ2n) is 4.75. The van der Waals surface area contributed by atoms with Crippen LogP contribution >= 0.6 is 11.6 Å². The van der Waals surface area contributed by atoms with Gasteiger partial charge >= 0.3 is 0 Å². The van der Waals surface area contributed by atoms with Crippen LogP contribution in [0, 0.1) is 17.7 Å². The van der Waals surface area contributed by atoms with Crippen LogP contribution in [-0.2, 0) is 6.42 Å². The molecular weight excluding hydrogens is 237 g/mol. The highest BCUT2D eigenvalue weighted by atomic mass is 35.5. The number of nitrogens with one attached hydrogen (secondary N) is 1. The van der Waals surface area contributed by atoms with Gasteiger partial charge in [-0.2, -0.15) is 0 Å². The lowest BCUT2D eigenvalue weighted by Crippen LogP contribution is -2.27. The van der Waals surface area contributed by atoms with E-state index < -0.39 is 0 Å². The van der Waals surface area contributed by atoms with Crippen molar-refractivity contribution < 1.29 is 4.39 Å². The summed E-state index contributed by atoms with van der Waals surface area (Å²) in [4.78, 5) is 0. The molecule has 0 aromatic heterocycles. The molecule has 96 valence electrons. The molecule has 0 radical (unpaired) electrons. The van der Waals surface area contributed by atoms with Crippen molar-refractivity contribution in [1.29, 1.82) is 0 Å². The van der Waals surface area contributed by atoms with Crippen LogP contribution in [0.15, 0.2) is 18.2 Å². The summed E-state index contributed by atoms with van der Waals surface area (Å²) < 4.78 is 12.9. The van der Waals surface area contributed by atoms with Crippen LogP contribution in [0.25, 0.3) is 0 Å². The molecule has 1 unspecified atom stereocenters. The van der Waals surface area contributed by atoms with Gasteiger partial charge in [-0.3, -0.25) is 0 Å². The minimum absolute atomic E-state index is 0.272. The molecule has 0 fully saturated rings. The van der Waals surface area contributed by atoms with Gasteiger partial charge in [0, 0.05) is 5.02 Å². The summed E-state index contributed by atoms with van der Waals surface area (Å²) in [5, 5.41) is 3.90. The van der Waals surface area contributed by atoms with Crippen molar-refractivity contribution >= 4 is 11.6 Å². The molecule has 0 spiro atoms. The second kappa shape index (κ2) is 6.97. The predicted molar refractivity (Wildman–Crippen MR) is 72.0 cm³/mol. The molecule has 0 aliphatic heterocycles. The summed E-state index contributed by atoms with van der Waals surface area (Å²) in [5.41, 5.74) is 1.03. The van der Waals surface area contributed by atoms with Crippen molar-refractivity contribution in [2.24, 2.45) is 11.8 Å². The average Bonchev–Trinajstić information content (AvgIpc) is 2.26. The standard InChI is InChI=1S/C14H21ClFN/c1-4-17-9-12(10(2)3)7-11-5-6-13(16)8-14(11)15/h5-6,8,10,12,17H,4,7,9H2,1-3H3. The molecule has 0 saturated carbocycles. The molecule has 0 amide bonds. The molecule has 0 saturated heterocycles. The quantitative estimate of drug-likeness (QED) is 0.815. The minimum atomic E-state index is -0.272. The van der Waals surface area contributed by atoms with E-state index in [-0.39, 0.29) is 5.82 Å². The molecule has 3 heteroatoms. The first-order chi connectivity index (χ1) is 8.04. The number of hydrogen-bond acceptors (Lipinski definition) is 1. The van der Waals surface area contributed by atoms with Crippen LogP contribution in [0.1, 0.15) is 26.3 Å². The monoisotopic (exact) mass is 257 g/mol. The highest BCUT2D eigenvalue weighted by molar-refractivity contribution is 6.31. The van der Waals surface area contributed by atoms with E-state index in [4.69, 9.17) is 11.6 Å². The fourth-order valence-electron chi connectivity index (χ4n) is 1.84. The van der Waals surface area contributed by atoms with Crippen LogP contribution in [0.4, 0.5) is 4.39 Å². The van der Waals surface area contributed by atoms with Crippen molar-refractivity contribution in [2.75, 3.05) is 13.1 Å². The van der Waals surface area contributed by atoms with Gasteiger partial charge < -0.3 is 5.32 Å². The van der Waals surface area contributed by atoms with Gasteiger partial charge in [0.15, 0.2) is 0 Å². The van der Waals surface area contributed by atoms with Crippen LogP contribution in [0.3, 0.4) is 0 Å². The number of halogens is 2. The molecule has 17 heavy (non-hydrogen) atoms. The van der Waals surface area contributed by atoms with E-state index in [9.17, 15) is 4.39 Å². The second-order valence-corrected chi connectivity index (χ2v) is 5.16. The van der Waals surface area contributed by atoms with Crippen LogP contribution in [0.5, 0.6) is 0 Å². The maximum Gasteiger partial charge on any atom is 0.124 e. The van der Waals surface area contributed by atoms with Crippen molar-refractivity contribution in [1.82, 2.24) is 5.32 Å². The molecule has 0 aliphatic carbocycles. The highest BCUT2D eigenvalue weighted by Gasteiger charge is 2.15. The lowest BCUT2D eigenvalue weighted by Gasteiger charge is -2.21. The van der Waals surface area contributed by atoms with Crippen molar-refractivity contribution in [3.05, 3.63) is 34.6 Å². The third-order valence-electron chi connectivity index (χ3n) is 3.10. The first-order valence-electron chi connectivity index (χ1n) is 6.19. The van der Waals surface area contributed by atoms with Gasteiger partial charge in [-0.1, -0.05) is 38.4 Å². The van der Waals surface area contributed by atoms with Gasteiger partial charge in [0.1, 0.15) is 5.82 Å². The highest BCUT2D eigenvalue weighted by Crippen LogP contribution is 2.23. The zero-order valence-electron chi connectivity index (χ0n) is 10.8. The molecule has 0 heterocycles. The molecule has 0 bridgehead atoms. The maximum absolute atomic E-state index is 12.9. The van der Waals surface area contributed by atoms with Crippen LogP contribution in [-0.4, -0.2) is 13.1 Å². The topological polar surface area (TPSA) is 12.0 Å². The third kappa shape index (κ3) is 4.64. The Balaban J connectivity index is 2.71. The Bertz CT molecular complexity index is 352. The van der Waals surface area contributed by atoms with E-state index in [2.05, 4.69) is 26.1 Å². The van der Waals surface area contributed by atoms with Crippen LogP contribution in [0.2, 0.25) is 5.02 Å². The molecule has 0 aliphatic rings. The van der Waals surface area contributed by atoms with Crippen molar-refractivity contribution in [2.45, 2.75) is 27.2 Å². The minimum Gasteiger partial charge on any atom is -0.317 e. The maximum atomic E-state index is 12.9. The first kappa shape index (κ1) is 14.5. The van der Waals surface area contributed by atoms with E-state index in [0.29, 0.717) is 16.9 Å². The Labute approximate surface area is 108 Å². The summed E-state index contributed by atoms with van der Waals surface area (Å²) in [6, 6.07) is 4.66. The number of rotatable bonds is 6. The third-order valence-corrected chi connectivity index (χ3v) is 3.45. The Morgan fingerprint density at radius 2 is 2.06 bits per heavy atom. The molecule has 1 nitrogen and oxygen atoms in total. The molecule has 1 aromatic carbocycles. The zero-order chi connectivity index (χ0) is 12.8. The molecule has 1 rings (SSSR count). The normalized spacial score (nSPS) is 13.1. The van der Waals surface area contributed by atoms with E-state index in [1.165, 1.54) is 12.1 Å². The van der Waals surface area contributed by atoms with Crippen molar-refractivity contribution in [3.8, 4) is 0 Å². The summed E-state index contributed by atoms with van der Waals surface area (Å²) in [5.74, 6) is 0.833. The lowest BCUT2D eigenvalue weighted by molar-refractivity contribution is 0.363. The van der Waals surface area contributed by atoms with Crippen LogP contribution < -0.4 is 5.32 Å². The number of hydrogen-bond donors (Lipinski definition) is 1. The molecular formula is C14H21ClFN. The van der Waals surface area contributed by atoms with Gasteiger partial charge in [-0.05, 0) is 49.0 Å². The van der Waals surface area contributed by atoms with Crippen molar-refractivity contribution in [3.63, 3.8) is 0 Å². The Morgan fingerprint density at radius 3 is 2.59 bits per heavy atom. The molecule has 1 aromatic rings. The zero-order valence-corrected chi connectivity index (χ0v) is 11.5. The number of benzene rings is 1. The fourth-order valence-corrected chi connectivity index (χ4v) is 2.09. The largest absolute Gasteiger partial charge is 0.317 e. The van der Waals surface area contributed by atoms with Gasteiger partial charge in [0.2, 0.25) is 0 Å². The van der Waals surface area contributed by atoms with E-state index >= 15 is 0 Å². The average molecular weight is 258 g/mol. The summed E-state index contributed by atoms with van der Waals surface area (Å²) in [6.07, 6.45) is 0.893. The molecule has 1 atom stereocenters. The Morgan fingerprint density at radius 1 is 1.35 bits per heavy atom. The van der Waals surface area contributed by atoms with E-state index in [1.54, 1.807) is 6.07 Å². The SMILES string of the molecule is CCNCC(Cc1ccc(F)cc1Cl)C(C)C. The predicted octanol–water partition coefficient (Wildman–Crippen LogP) is 3.90. The fraction of sp³-hybridized carbons (Fsp3) is 0.571. The Hall–Kier alpha value is -0.600. The van der Waals surface area contributed by atoms with Gasteiger partial charge in [-0.15, -0.1) is 0 Å². The first-order valence-corrected chi connectivity index (χ1v) is 6.57. The molecule has 1 N–H and O–H groups in total. The lowest BCUT2D eigenvalue weighted by atomic mass is 9.89. The van der Waals surface area contributed by atoms with Gasteiger partial charge in [0.25, 0.3) is 0 Å². The van der Waals surface area contributed by atoms with Gasteiger partial charge in [-0.25, -0.2) is 4.39 Å².